The highest BCUT2D eigenvalue weighted by Crippen LogP contribution is 2.79. The zero-order valence-electron chi connectivity index (χ0n) is 19.2. The standard InChI is InChI=1S/C28H21N3O4/c1-13-27(26(33)34-2)11-19-30-17-9-5-3-7-14(17)21-22-16(12-29-25(22)32)20-15-8-4-6-10-18(15)31(24(20)23(21)30)28(13,27)35-19/h3-10,13,19H,11-12H2,1-2H3,(H,29,32)/t13?,19?,27-,28?/m0/s1. The minimum absolute atomic E-state index is 0.0289. The van der Waals surface area contributed by atoms with Gasteiger partial charge >= 0.3 is 5.97 Å². The van der Waals surface area contributed by atoms with Crippen molar-refractivity contribution in [3.05, 3.63) is 59.7 Å². The zero-order valence-corrected chi connectivity index (χ0v) is 19.2. The van der Waals surface area contributed by atoms with E-state index in [9.17, 15) is 9.59 Å². The van der Waals surface area contributed by atoms with E-state index in [0.717, 1.165) is 54.7 Å². The first-order valence-corrected chi connectivity index (χ1v) is 12.1. The number of benzene rings is 3. The quantitative estimate of drug-likeness (QED) is 0.371. The fourth-order valence-electron chi connectivity index (χ4n) is 8.04. The second-order valence-corrected chi connectivity index (χ2v) is 10.4. The molecule has 1 saturated heterocycles. The number of nitrogens with one attached hydrogen (secondary N) is 1. The van der Waals surface area contributed by atoms with Crippen LogP contribution in [-0.4, -0.2) is 28.1 Å². The Hall–Kier alpha value is -3.84. The Bertz CT molecular complexity index is 1880. The predicted octanol–water partition coefficient (Wildman–Crippen LogP) is 4.54. The molecule has 5 heterocycles. The van der Waals surface area contributed by atoms with Gasteiger partial charge in [0.25, 0.3) is 5.91 Å². The van der Waals surface area contributed by atoms with Gasteiger partial charge in [-0.05, 0) is 17.7 Å². The number of nitrogens with zero attached hydrogens (tertiary/aromatic N) is 2. The summed E-state index contributed by atoms with van der Waals surface area (Å²) in [6.07, 6.45) is 0.197. The lowest BCUT2D eigenvalue weighted by molar-refractivity contribution is -0.149. The van der Waals surface area contributed by atoms with Crippen molar-refractivity contribution in [2.45, 2.75) is 31.8 Å². The molecule has 2 bridgehead atoms. The second kappa shape index (κ2) is 5.36. The number of aromatic nitrogens is 2. The van der Waals surface area contributed by atoms with Crippen LogP contribution < -0.4 is 5.32 Å². The minimum atomic E-state index is -0.830. The normalized spacial score (nSPS) is 29.7. The van der Waals surface area contributed by atoms with Crippen molar-refractivity contribution >= 4 is 55.5 Å². The largest absolute Gasteiger partial charge is 0.468 e. The van der Waals surface area contributed by atoms with Crippen molar-refractivity contribution in [2.75, 3.05) is 7.11 Å². The summed E-state index contributed by atoms with van der Waals surface area (Å²) in [5.41, 5.74) is 4.32. The van der Waals surface area contributed by atoms with Gasteiger partial charge in [-0.2, -0.15) is 0 Å². The molecule has 2 aromatic heterocycles. The van der Waals surface area contributed by atoms with Crippen molar-refractivity contribution in [3.8, 4) is 0 Å². The average molecular weight is 463 g/mol. The topological polar surface area (TPSA) is 74.5 Å². The summed E-state index contributed by atoms with van der Waals surface area (Å²) >= 11 is 0. The molecule has 1 aliphatic carbocycles. The minimum Gasteiger partial charge on any atom is -0.468 e. The number of fused-ring (bicyclic) bond motifs is 11. The number of para-hydroxylation sites is 2. The molecule has 2 fully saturated rings. The molecule has 3 unspecified atom stereocenters. The van der Waals surface area contributed by atoms with Crippen LogP contribution in [0.4, 0.5) is 0 Å². The van der Waals surface area contributed by atoms with E-state index in [-0.39, 0.29) is 24.0 Å². The third-order valence-electron chi connectivity index (χ3n) is 9.38. The van der Waals surface area contributed by atoms with E-state index in [1.165, 1.54) is 7.11 Å². The van der Waals surface area contributed by atoms with E-state index in [1.54, 1.807) is 0 Å². The Kier molecular flexibility index (Phi) is 2.83. The highest BCUT2D eigenvalue weighted by atomic mass is 16.6. The van der Waals surface area contributed by atoms with E-state index < -0.39 is 11.1 Å². The number of ether oxygens (including phenoxy) is 2. The zero-order chi connectivity index (χ0) is 23.4. The van der Waals surface area contributed by atoms with Crippen LogP contribution in [-0.2, 0) is 26.5 Å². The van der Waals surface area contributed by atoms with Crippen LogP contribution in [0.25, 0.3) is 43.6 Å². The van der Waals surface area contributed by atoms with Crippen LogP contribution in [0, 0.1) is 11.3 Å². The number of methoxy groups -OCH3 is 1. The molecule has 7 nitrogen and oxygen atoms in total. The molecular formula is C28H21N3O4. The monoisotopic (exact) mass is 463 g/mol. The van der Waals surface area contributed by atoms with Crippen LogP contribution in [0.2, 0.25) is 0 Å². The molecule has 4 aliphatic rings. The van der Waals surface area contributed by atoms with E-state index in [2.05, 4.69) is 45.6 Å². The maximum atomic E-state index is 13.4. The van der Waals surface area contributed by atoms with Crippen molar-refractivity contribution in [3.63, 3.8) is 0 Å². The van der Waals surface area contributed by atoms with Crippen molar-refractivity contribution in [1.29, 1.82) is 0 Å². The van der Waals surface area contributed by atoms with Gasteiger partial charge in [0.15, 0.2) is 5.72 Å². The van der Waals surface area contributed by atoms with Crippen LogP contribution in [0.3, 0.4) is 0 Å². The van der Waals surface area contributed by atoms with Crippen LogP contribution in [0.15, 0.2) is 48.5 Å². The maximum absolute atomic E-state index is 13.4. The summed E-state index contributed by atoms with van der Waals surface area (Å²) in [6, 6.07) is 16.5. The molecule has 1 saturated carbocycles. The fraction of sp³-hybridized carbons (Fsp3) is 0.286. The number of esters is 1. The van der Waals surface area contributed by atoms with Gasteiger partial charge in [0.05, 0.1) is 34.7 Å². The van der Waals surface area contributed by atoms with Crippen LogP contribution in [0.1, 0.15) is 35.5 Å². The Morgan fingerprint density at radius 2 is 1.77 bits per heavy atom. The van der Waals surface area contributed by atoms with E-state index in [4.69, 9.17) is 9.47 Å². The SMILES string of the molecule is COC(=O)[C@@]12CC3OC1(C2C)n1c2ccccc2c2c4c(c5c6ccccc6n3c5c21)C(=O)NC4. The molecule has 7 heteroatoms. The van der Waals surface area contributed by atoms with Gasteiger partial charge in [-0.3, -0.25) is 9.59 Å². The molecule has 35 heavy (non-hydrogen) atoms. The number of carbonyl (C=O) groups is 2. The molecule has 3 aromatic carbocycles. The molecule has 4 atom stereocenters. The summed E-state index contributed by atoms with van der Waals surface area (Å²) in [5.74, 6) is -0.289. The van der Waals surface area contributed by atoms with Gasteiger partial charge in [0, 0.05) is 40.4 Å². The van der Waals surface area contributed by atoms with Gasteiger partial charge in [0.1, 0.15) is 11.6 Å². The Morgan fingerprint density at radius 1 is 1.06 bits per heavy atom. The summed E-state index contributed by atoms with van der Waals surface area (Å²) in [6.45, 7) is 2.59. The molecule has 1 N–H and O–H groups in total. The van der Waals surface area contributed by atoms with E-state index in [0.29, 0.717) is 13.0 Å². The molecule has 172 valence electrons. The highest BCUT2D eigenvalue weighted by molar-refractivity contribution is 6.31. The lowest BCUT2D eigenvalue weighted by Gasteiger charge is -2.22. The lowest BCUT2D eigenvalue weighted by Crippen LogP contribution is -2.28. The Morgan fingerprint density at radius 3 is 2.54 bits per heavy atom. The summed E-state index contributed by atoms with van der Waals surface area (Å²) in [7, 11) is 1.47. The summed E-state index contributed by atoms with van der Waals surface area (Å²) in [4.78, 5) is 26.7. The number of carbonyl (C=O) groups excluding carboxylic acids is 2. The van der Waals surface area contributed by atoms with Gasteiger partial charge in [0.2, 0.25) is 0 Å². The maximum Gasteiger partial charge on any atom is 0.317 e. The first kappa shape index (κ1) is 18.5. The molecule has 9 rings (SSSR count). The molecule has 3 aliphatic heterocycles. The first-order chi connectivity index (χ1) is 17.1. The average Bonchev–Trinajstić information content (AvgIpc) is 3.39. The van der Waals surface area contributed by atoms with Crippen LogP contribution in [0.5, 0.6) is 0 Å². The molecule has 1 amide bonds. The van der Waals surface area contributed by atoms with Crippen molar-refractivity contribution in [2.24, 2.45) is 11.3 Å². The van der Waals surface area contributed by atoms with Gasteiger partial charge in [-0.1, -0.05) is 43.3 Å². The number of hydrogen-bond donors (Lipinski definition) is 1. The fourth-order valence-corrected chi connectivity index (χ4v) is 8.04. The smallest absolute Gasteiger partial charge is 0.317 e. The van der Waals surface area contributed by atoms with Crippen molar-refractivity contribution < 1.29 is 19.1 Å². The van der Waals surface area contributed by atoms with Gasteiger partial charge < -0.3 is 23.9 Å². The number of hydrogen-bond acceptors (Lipinski definition) is 4. The van der Waals surface area contributed by atoms with Gasteiger partial charge in [-0.15, -0.1) is 0 Å². The molecule has 1 spiro atoms. The second-order valence-electron chi connectivity index (χ2n) is 10.4. The predicted molar refractivity (Wildman–Crippen MR) is 130 cm³/mol. The third-order valence-corrected chi connectivity index (χ3v) is 9.38. The number of rotatable bonds is 1. The van der Waals surface area contributed by atoms with Gasteiger partial charge in [-0.25, -0.2) is 0 Å². The van der Waals surface area contributed by atoms with Crippen LogP contribution >= 0.6 is 0 Å². The third kappa shape index (κ3) is 1.60. The first-order valence-electron chi connectivity index (χ1n) is 12.1. The Labute approximate surface area is 199 Å². The molecular weight excluding hydrogens is 442 g/mol. The number of amides is 1. The van der Waals surface area contributed by atoms with Crippen molar-refractivity contribution in [1.82, 2.24) is 14.5 Å². The summed E-state index contributed by atoms with van der Waals surface area (Å²) < 4.78 is 16.9. The van der Waals surface area contributed by atoms with E-state index in [1.807, 2.05) is 24.3 Å². The van der Waals surface area contributed by atoms with E-state index >= 15 is 0 Å². The lowest BCUT2D eigenvalue weighted by atomic mass is 9.96. The highest BCUT2D eigenvalue weighted by Gasteiger charge is 2.87. The summed E-state index contributed by atoms with van der Waals surface area (Å²) in [5, 5.41) is 7.26. The molecule has 5 aromatic rings. The molecule has 0 radical (unpaired) electrons. The Balaban J connectivity index is 1.63.